The van der Waals surface area contributed by atoms with Crippen molar-refractivity contribution in [1.29, 1.82) is 0 Å². The van der Waals surface area contributed by atoms with Gasteiger partial charge in [0.25, 0.3) is 10.0 Å². The van der Waals surface area contributed by atoms with E-state index in [2.05, 4.69) is 0 Å². The van der Waals surface area contributed by atoms with Crippen molar-refractivity contribution in [2.75, 3.05) is 20.4 Å². The van der Waals surface area contributed by atoms with E-state index in [4.69, 9.17) is 4.74 Å². The summed E-state index contributed by atoms with van der Waals surface area (Å²) in [5.41, 5.74) is 1.82. The predicted octanol–water partition coefficient (Wildman–Crippen LogP) is 3.40. The van der Waals surface area contributed by atoms with Crippen LogP contribution in [0.3, 0.4) is 0 Å². The molecule has 0 radical (unpaired) electrons. The summed E-state index contributed by atoms with van der Waals surface area (Å²) in [6, 6.07) is 10.4. The predicted molar refractivity (Wildman–Crippen MR) is 108 cm³/mol. The Hall–Kier alpha value is -2.03. The van der Waals surface area contributed by atoms with Gasteiger partial charge in [-0.25, -0.2) is 13.1 Å². The highest BCUT2D eigenvalue weighted by Gasteiger charge is 2.18. The van der Waals surface area contributed by atoms with Crippen LogP contribution in [0.2, 0.25) is 0 Å². The van der Waals surface area contributed by atoms with Crippen molar-refractivity contribution in [2.24, 2.45) is 0 Å². The van der Waals surface area contributed by atoms with Crippen molar-refractivity contribution in [1.82, 2.24) is 9.62 Å². The molecule has 27 heavy (non-hydrogen) atoms. The Balaban J connectivity index is 2.41. The monoisotopic (exact) mass is 408 g/mol. The smallest absolute Gasteiger partial charge is 0.264 e. The van der Waals surface area contributed by atoms with Crippen LogP contribution in [0.25, 0.3) is 0 Å². The number of carbonyl (C=O) groups excluding carboxylic acids is 1. The van der Waals surface area contributed by atoms with Crippen molar-refractivity contribution in [3.63, 3.8) is 0 Å². The van der Waals surface area contributed by atoms with E-state index in [1.807, 2.05) is 55.1 Å². The van der Waals surface area contributed by atoms with Crippen LogP contribution in [-0.4, -0.2) is 39.6 Å². The summed E-state index contributed by atoms with van der Waals surface area (Å²) in [4.78, 5) is 14.3. The minimum absolute atomic E-state index is 0.0239. The van der Waals surface area contributed by atoms with E-state index in [0.717, 1.165) is 12.5 Å². The lowest BCUT2D eigenvalue weighted by Gasteiger charge is -2.17. The Morgan fingerprint density at radius 3 is 2.44 bits per heavy atom. The molecule has 2 aromatic rings. The Morgan fingerprint density at radius 1 is 1.19 bits per heavy atom. The highest BCUT2D eigenvalue weighted by atomic mass is 32.2. The lowest BCUT2D eigenvalue weighted by atomic mass is 10.2. The average Bonchev–Trinajstić information content (AvgIpc) is 2.55. The largest absolute Gasteiger partial charge is 0.457 e. The normalized spacial score (nSPS) is 11.5. The lowest BCUT2D eigenvalue weighted by molar-refractivity contribution is -0.117. The summed E-state index contributed by atoms with van der Waals surface area (Å²) in [6.07, 6.45) is 2.02. The molecule has 1 N–H and O–H groups in total. The number of hydrogen-bond donors (Lipinski definition) is 1. The standard InChI is InChI=1S/C19H24N2O4S2/c1-13-10-16(6-9-19(13)26-5)25-18-8-7-17(11-15(18)12-21(3)4)27(23,24)20-14(2)22/h6-11H,12H2,1-5H3,(H,20,22). The summed E-state index contributed by atoms with van der Waals surface area (Å²) in [6.45, 7) is 3.67. The first-order chi connectivity index (χ1) is 12.6. The molecule has 0 atom stereocenters. The fourth-order valence-electron chi connectivity index (χ4n) is 2.58. The average molecular weight is 409 g/mol. The van der Waals surface area contributed by atoms with Crippen molar-refractivity contribution in [3.05, 3.63) is 47.5 Å². The maximum Gasteiger partial charge on any atom is 0.264 e. The third-order valence-electron chi connectivity index (χ3n) is 3.70. The number of hydrogen-bond acceptors (Lipinski definition) is 6. The minimum Gasteiger partial charge on any atom is -0.457 e. The molecule has 2 rings (SSSR count). The molecule has 2 aromatic carbocycles. The van der Waals surface area contributed by atoms with Gasteiger partial charge in [-0.05, 0) is 69.2 Å². The van der Waals surface area contributed by atoms with Crippen LogP contribution < -0.4 is 9.46 Å². The summed E-state index contributed by atoms with van der Waals surface area (Å²) >= 11 is 1.67. The molecule has 0 aliphatic carbocycles. The summed E-state index contributed by atoms with van der Waals surface area (Å²) < 4.78 is 32.6. The molecule has 0 saturated heterocycles. The fourth-order valence-corrected chi connectivity index (χ4v) is 4.20. The number of ether oxygens (including phenoxy) is 1. The topological polar surface area (TPSA) is 75.7 Å². The van der Waals surface area contributed by atoms with Crippen LogP contribution in [0, 0.1) is 6.92 Å². The number of rotatable bonds is 7. The summed E-state index contributed by atoms with van der Waals surface area (Å²) in [5.74, 6) is 0.624. The number of aryl methyl sites for hydroxylation is 1. The van der Waals surface area contributed by atoms with E-state index in [1.165, 1.54) is 17.0 Å². The molecule has 0 fully saturated rings. The maximum absolute atomic E-state index is 12.3. The van der Waals surface area contributed by atoms with E-state index < -0.39 is 15.9 Å². The Kier molecular flexibility index (Phi) is 6.91. The zero-order valence-corrected chi connectivity index (χ0v) is 17.7. The number of sulfonamides is 1. The highest BCUT2D eigenvalue weighted by molar-refractivity contribution is 7.98. The van der Waals surface area contributed by atoms with Crippen LogP contribution >= 0.6 is 11.8 Å². The molecule has 146 valence electrons. The summed E-state index contributed by atoms with van der Waals surface area (Å²) in [5, 5.41) is 0. The second-order valence-electron chi connectivity index (χ2n) is 6.40. The Labute approximate surface area is 165 Å². The molecule has 0 heterocycles. The first-order valence-corrected chi connectivity index (χ1v) is 11.0. The summed E-state index contributed by atoms with van der Waals surface area (Å²) in [7, 11) is -0.129. The number of thioether (sulfide) groups is 1. The van der Waals surface area contributed by atoms with Crippen LogP contribution in [0.4, 0.5) is 0 Å². The SMILES string of the molecule is CSc1ccc(Oc2ccc(S(=O)(=O)NC(C)=O)cc2CN(C)C)cc1C. The minimum atomic E-state index is -3.90. The van der Waals surface area contributed by atoms with E-state index in [9.17, 15) is 13.2 Å². The van der Waals surface area contributed by atoms with Crippen molar-refractivity contribution in [2.45, 2.75) is 30.2 Å². The highest BCUT2D eigenvalue weighted by Crippen LogP contribution is 2.31. The van der Waals surface area contributed by atoms with Gasteiger partial charge in [0.05, 0.1) is 4.90 Å². The van der Waals surface area contributed by atoms with Crippen LogP contribution in [0.1, 0.15) is 18.1 Å². The molecule has 6 nitrogen and oxygen atoms in total. The van der Waals surface area contributed by atoms with Crippen LogP contribution in [0.5, 0.6) is 11.5 Å². The first kappa shape index (κ1) is 21.3. The van der Waals surface area contributed by atoms with Gasteiger partial charge in [-0.15, -0.1) is 11.8 Å². The molecule has 0 spiro atoms. The van der Waals surface area contributed by atoms with E-state index in [1.54, 1.807) is 17.8 Å². The molecule has 0 aliphatic heterocycles. The number of amides is 1. The Bertz CT molecular complexity index is 941. The van der Waals surface area contributed by atoms with Crippen molar-refractivity contribution in [3.8, 4) is 11.5 Å². The molecule has 0 saturated carbocycles. The number of benzene rings is 2. The fraction of sp³-hybridized carbons (Fsp3) is 0.316. The number of nitrogens with one attached hydrogen (secondary N) is 1. The molecule has 0 bridgehead atoms. The number of nitrogens with zero attached hydrogens (tertiary/aromatic N) is 1. The van der Waals surface area contributed by atoms with Gasteiger partial charge in [-0.3, -0.25) is 4.79 Å². The van der Waals surface area contributed by atoms with Gasteiger partial charge in [0.2, 0.25) is 5.91 Å². The van der Waals surface area contributed by atoms with Gasteiger partial charge in [-0.2, -0.15) is 0 Å². The van der Waals surface area contributed by atoms with Gasteiger partial charge in [0, 0.05) is 23.9 Å². The van der Waals surface area contributed by atoms with Gasteiger partial charge in [-0.1, -0.05) is 0 Å². The molecule has 0 aliphatic rings. The van der Waals surface area contributed by atoms with Gasteiger partial charge >= 0.3 is 0 Å². The molecular weight excluding hydrogens is 384 g/mol. The first-order valence-electron chi connectivity index (χ1n) is 8.26. The quantitative estimate of drug-likeness (QED) is 0.708. The van der Waals surface area contributed by atoms with Crippen LogP contribution in [0.15, 0.2) is 46.2 Å². The van der Waals surface area contributed by atoms with Crippen LogP contribution in [-0.2, 0) is 21.4 Å². The zero-order valence-electron chi connectivity index (χ0n) is 16.1. The second-order valence-corrected chi connectivity index (χ2v) is 8.93. The van der Waals surface area contributed by atoms with E-state index >= 15 is 0 Å². The molecular formula is C19H24N2O4S2. The third kappa shape index (κ3) is 5.72. The van der Waals surface area contributed by atoms with Gasteiger partial charge < -0.3 is 9.64 Å². The molecule has 0 unspecified atom stereocenters. The maximum atomic E-state index is 12.3. The van der Waals surface area contributed by atoms with Gasteiger partial charge in [0.1, 0.15) is 11.5 Å². The van der Waals surface area contributed by atoms with E-state index in [0.29, 0.717) is 23.6 Å². The second kappa shape index (κ2) is 8.77. The number of carbonyl (C=O) groups is 1. The van der Waals surface area contributed by atoms with E-state index in [-0.39, 0.29) is 4.90 Å². The zero-order chi connectivity index (χ0) is 20.2. The van der Waals surface area contributed by atoms with Crippen molar-refractivity contribution < 1.29 is 17.9 Å². The Morgan fingerprint density at radius 2 is 1.89 bits per heavy atom. The van der Waals surface area contributed by atoms with Crippen molar-refractivity contribution >= 4 is 27.7 Å². The van der Waals surface area contributed by atoms with Gasteiger partial charge in [0.15, 0.2) is 0 Å². The molecule has 1 amide bonds. The molecule has 0 aromatic heterocycles. The molecule has 8 heteroatoms. The third-order valence-corrected chi connectivity index (χ3v) is 6.03. The lowest BCUT2D eigenvalue weighted by Crippen LogP contribution is -2.28.